The minimum absolute atomic E-state index is 0.0151. The first kappa shape index (κ1) is 32.3. The van der Waals surface area contributed by atoms with Crippen molar-refractivity contribution in [2.24, 2.45) is 17.8 Å². The van der Waals surface area contributed by atoms with E-state index >= 15 is 0 Å². The number of nitrogens with one attached hydrogen (secondary N) is 1. The molecule has 232 valence electrons. The summed E-state index contributed by atoms with van der Waals surface area (Å²) in [5, 5.41) is 14.1. The lowest BCUT2D eigenvalue weighted by Gasteiger charge is -2.28. The van der Waals surface area contributed by atoms with E-state index in [2.05, 4.69) is 5.32 Å². The van der Waals surface area contributed by atoms with Crippen LogP contribution in [-0.4, -0.2) is 91.5 Å². The first-order valence-corrected chi connectivity index (χ1v) is 15.2. The van der Waals surface area contributed by atoms with E-state index in [9.17, 15) is 24.3 Å². The van der Waals surface area contributed by atoms with Crippen LogP contribution in [0.15, 0.2) is 24.3 Å². The molecule has 5 unspecified atom stereocenters. The van der Waals surface area contributed by atoms with Crippen LogP contribution in [0.5, 0.6) is 5.75 Å². The molecule has 0 spiro atoms. The van der Waals surface area contributed by atoms with Gasteiger partial charge in [0.1, 0.15) is 29.3 Å². The largest absolute Gasteiger partial charge is 0.497 e. The lowest BCUT2D eigenvalue weighted by atomic mass is 9.81. The van der Waals surface area contributed by atoms with Crippen molar-refractivity contribution in [2.75, 3.05) is 46.6 Å². The summed E-state index contributed by atoms with van der Waals surface area (Å²) in [7, 11) is 1.53. The highest BCUT2D eigenvalue weighted by Crippen LogP contribution is 2.38. The Hall–Kier alpha value is -2.66. The number of aliphatic hydroxyl groups excluding tert-OH is 1. The molecule has 1 aromatic rings. The van der Waals surface area contributed by atoms with Crippen molar-refractivity contribution in [3.8, 4) is 5.75 Å². The molecule has 10 heteroatoms. The first-order chi connectivity index (χ1) is 20.1. The SMILES string of the molecule is COc1ccc(C(O)C(NC(=O)C(C)CC(=O)CN2CCOCC2)C(=O)CC(CC2CCCC2)C(=O)C2(C)CO2)cc1. The molecule has 0 aromatic heterocycles. The van der Waals surface area contributed by atoms with Gasteiger partial charge in [-0.25, -0.2) is 0 Å². The summed E-state index contributed by atoms with van der Waals surface area (Å²) in [5.41, 5.74) is -0.437. The van der Waals surface area contributed by atoms with E-state index in [-0.39, 0.29) is 31.0 Å². The Morgan fingerprint density at radius 2 is 1.74 bits per heavy atom. The van der Waals surface area contributed by atoms with Gasteiger partial charge in [0.15, 0.2) is 11.6 Å². The number of rotatable bonds is 16. The van der Waals surface area contributed by atoms with E-state index < -0.39 is 41.3 Å². The van der Waals surface area contributed by atoms with Gasteiger partial charge >= 0.3 is 0 Å². The summed E-state index contributed by atoms with van der Waals surface area (Å²) in [6.07, 6.45) is 3.45. The van der Waals surface area contributed by atoms with E-state index in [1.54, 1.807) is 38.1 Å². The molecule has 2 saturated heterocycles. The van der Waals surface area contributed by atoms with Gasteiger partial charge in [-0.15, -0.1) is 0 Å². The van der Waals surface area contributed by atoms with Gasteiger partial charge in [-0.05, 0) is 37.0 Å². The van der Waals surface area contributed by atoms with Crippen LogP contribution in [0, 0.1) is 17.8 Å². The molecule has 2 N–H and O–H groups in total. The number of hydrogen-bond donors (Lipinski definition) is 2. The van der Waals surface area contributed by atoms with Crippen molar-refractivity contribution in [3.05, 3.63) is 29.8 Å². The number of ether oxygens (including phenoxy) is 3. The second-order valence-electron chi connectivity index (χ2n) is 12.4. The molecule has 5 atom stereocenters. The fourth-order valence-electron chi connectivity index (χ4n) is 6.12. The molecule has 3 fully saturated rings. The quantitative estimate of drug-likeness (QED) is 0.280. The molecule has 1 saturated carbocycles. The average Bonchev–Trinajstić information content (AvgIpc) is 3.53. The van der Waals surface area contributed by atoms with Crippen molar-refractivity contribution in [3.63, 3.8) is 0 Å². The Bertz CT molecular complexity index is 1090. The second kappa shape index (κ2) is 14.7. The molecular weight excluding hydrogens is 540 g/mol. The standard InChI is InChI=1S/C32H46N2O8/c1-21(16-25(35)19-34-12-14-41-15-13-34)31(39)33-28(29(37)23-8-10-26(40-3)11-9-23)27(36)18-24(17-22-6-4-5-7-22)30(38)32(2)20-42-32/h8-11,21-22,24,28-29,37H,4-7,12-20H2,1-3H3,(H,33,39). The Labute approximate surface area is 248 Å². The highest BCUT2D eigenvalue weighted by atomic mass is 16.6. The lowest BCUT2D eigenvalue weighted by molar-refractivity contribution is -0.136. The van der Waals surface area contributed by atoms with Crippen LogP contribution in [0.2, 0.25) is 0 Å². The van der Waals surface area contributed by atoms with Crippen molar-refractivity contribution < 1.29 is 38.5 Å². The van der Waals surface area contributed by atoms with Crippen molar-refractivity contribution in [1.29, 1.82) is 0 Å². The number of amides is 1. The monoisotopic (exact) mass is 586 g/mol. The molecule has 0 bridgehead atoms. The maximum absolute atomic E-state index is 13.9. The third-order valence-electron chi connectivity index (χ3n) is 8.91. The number of aliphatic hydroxyl groups is 1. The highest BCUT2D eigenvalue weighted by molar-refractivity contribution is 5.97. The Morgan fingerprint density at radius 1 is 1.10 bits per heavy atom. The zero-order chi connectivity index (χ0) is 30.3. The van der Waals surface area contributed by atoms with Gasteiger partial charge in [0.25, 0.3) is 0 Å². The van der Waals surface area contributed by atoms with Gasteiger partial charge in [0.2, 0.25) is 5.91 Å². The molecule has 2 heterocycles. The van der Waals surface area contributed by atoms with Gasteiger partial charge in [0.05, 0.1) is 33.5 Å². The minimum Gasteiger partial charge on any atom is -0.497 e. The Morgan fingerprint density at radius 3 is 2.33 bits per heavy atom. The summed E-state index contributed by atoms with van der Waals surface area (Å²) in [6, 6.07) is 5.35. The van der Waals surface area contributed by atoms with E-state index in [1.165, 1.54) is 7.11 Å². The summed E-state index contributed by atoms with van der Waals surface area (Å²) < 4.78 is 16.0. The molecule has 1 amide bonds. The first-order valence-electron chi connectivity index (χ1n) is 15.2. The van der Waals surface area contributed by atoms with Gasteiger partial charge in [0, 0.05) is 37.8 Å². The number of nitrogens with zero attached hydrogens (tertiary/aromatic N) is 1. The molecule has 42 heavy (non-hydrogen) atoms. The number of epoxide rings is 1. The number of carbonyl (C=O) groups excluding carboxylic acids is 4. The minimum atomic E-state index is -1.35. The topological polar surface area (TPSA) is 135 Å². The highest BCUT2D eigenvalue weighted by Gasteiger charge is 2.50. The fraction of sp³-hybridized carbons (Fsp3) is 0.688. The third-order valence-corrected chi connectivity index (χ3v) is 8.91. The summed E-state index contributed by atoms with van der Waals surface area (Å²) in [6.45, 7) is 6.46. The lowest BCUT2D eigenvalue weighted by Crippen LogP contribution is -2.48. The molecule has 10 nitrogen and oxygen atoms in total. The van der Waals surface area contributed by atoms with Gasteiger partial charge in [-0.1, -0.05) is 44.7 Å². The number of ketones is 3. The number of morpholine rings is 1. The Balaban J connectivity index is 1.47. The van der Waals surface area contributed by atoms with E-state index in [0.717, 1.165) is 25.7 Å². The predicted molar refractivity (Wildman–Crippen MR) is 155 cm³/mol. The van der Waals surface area contributed by atoms with Crippen LogP contribution >= 0.6 is 0 Å². The molecule has 3 aliphatic rings. The van der Waals surface area contributed by atoms with Crippen molar-refractivity contribution in [2.45, 2.75) is 76.5 Å². The summed E-state index contributed by atoms with van der Waals surface area (Å²) in [4.78, 5) is 55.3. The normalized spacial score (nSPS) is 23.9. The van der Waals surface area contributed by atoms with Crippen LogP contribution in [-0.2, 0) is 28.7 Å². The molecule has 2 aliphatic heterocycles. The average molecular weight is 587 g/mol. The van der Waals surface area contributed by atoms with Crippen molar-refractivity contribution in [1.82, 2.24) is 10.2 Å². The number of benzene rings is 1. The molecule has 0 radical (unpaired) electrons. The zero-order valence-corrected chi connectivity index (χ0v) is 25.1. The smallest absolute Gasteiger partial charge is 0.223 e. The van der Waals surface area contributed by atoms with Crippen molar-refractivity contribution >= 4 is 23.3 Å². The number of Topliss-reactive ketones (excluding diaryl/α,β-unsaturated/α-hetero) is 3. The third kappa shape index (κ3) is 8.69. The Kier molecular flexibility index (Phi) is 11.3. The van der Waals surface area contributed by atoms with Crippen LogP contribution < -0.4 is 10.1 Å². The number of methoxy groups -OCH3 is 1. The van der Waals surface area contributed by atoms with Gasteiger partial charge < -0.3 is 24.6 Å². The maximum atomic E-state index is 13.9. The maximum Gasteiger partial charge on any atom is 0.223 e. The molecular formula is C32H46N2O8. The van der Waals surface area contributed by atoms with Crippen LogP contribution in [0.1, 0.15) is 70.5 Å². The van der Waals surface area contributed by atoms with Crippen LogP contribution in [0.3, 0.4) is 0 Å². The van der Waals surface area contributed by atoms with E-state index in [1.807, 2.05) is 4.90 Å². The van der Waals surface area contributed by atoms with Gasteiger partial charge in [-0.3, -0.25) is 24.1 Å². The number of hydrogen-bond acceptors (Lipinski definition) is 9. The fourth-order valence-corrected chi connectivity index (χ4v) is 6.12. The van der Waals surface area contributed by atoms with Gasteiger partial charge in [-0.2, -0.15) is 0 Å². The molecule has 4 rings (SSSR count). The summed E-state index contributed by atoms with van der Waals surface area (Å²) >= 11 is 0. The van der Waals surface area contributed by atoms with E-state index in [0.29, 0.717) is 56.6 Å². The second-order valence-corrected chi connectivity index (χ2v) is 12.4. The zero-order valence-electron chi connectivity index (χ0n) is 25.1. The summed E-state index contributed by atoms with van der Waals surface area (Å²) in [5.74, 6) is -1.37. The predicted octanol–water partition coefficient (Wildman–Crippen LogP) is 2.65. The number of carbonyl (C=O) groups is 4. The van der Waals surface area contributed by atoms with E-state index in [4.69, 9.17) is 14.2 Å². The molecule has 1 aromatic carbocycles. The van der Waals surface area contributed by atoms with Crippen LogP contribution in [0.4, 0.5) is 0 Å². The van der Waals surface area contributed by atoms with Crippen LogP contribution in [0.25, 0.3) is 0 Å². The molecule has 1 aliphatic carbocycles.